The summed E-state index contributed by atoms with van der Waals surface area (Å²) in [6.07, 6.45) is 9.57. The van der Waals surface area contributed by atoms with Crippen molar-refractivity contribution in [2.24, 2.45) is 0 Å². The molecule has 2 aromatic rings. The third kappa shape index (κ3) is 20.3. The van der Waals surface area contributed by atoms with Crippen molar-refractivity contribution in [2.45, 2.75) is 99.8 Å². The number of amides is 1. The molecule has 1 unspecified atom stereocenters. The van der Waals surface area contributed by atoms with E-state index in [9.17, 15) is 4.79 Å². The molecule has 6 nitrogen and oxygen atoms in total. The highest BCUT2D eigenvalue weighted by molar-refractivity contribution is 5.66. The van der Waals surface area contributed by atoms with Gasteiger partial charge in [-0.05, 0) is 67.9 Å². The number of benzene rings is 2. The molecule has 0 aliphatic heterocycles. The number of aryl methyl sites for hydroxylation is 1. The standard InChI is InChI=1S/C21H26O2.C9H20O.C3H4N2O.C2H6/c1-6-16(3)20-13-19(18-9-7-15(2)8-10-18)11-12-21(20)23-17(4)14-22-5;1-3-5-6-7-9-10-8-4-2;4-1-2-5-3-6;1-2/h7-14,16H,6H2,1-5H3;3-9H2,1-2H3;3H,2H2,(H,5,6);1-2H3. The summed E-state index contributed by atoms with van der Waals surface area (Å²) in [6, 6.07) is 16.8. The highest BCUT2D eigenvalue weighted by Crippen LogP contribution is 2.34. The van der Waals surface area contributed by atoms with Crippen LogP contribution in [0.2, 0.25) is 0 Å². The van der Waals surface area contributed by atoms with Crippen LogP contribution in [-0.4, -0.2) is 33.3 Å². The molecule has 230 valence electrons. The van der Waals surface area contributed by atoms with Crippen LogP contribution >= 0.6 is 0 Å². The quantitative estimate of drug-likeness (QED) is 0.100. The Bertz CT molecular complexity index is 957. The van der Waals surface area contributed by atoms with Gasteiger partial charge in [0.25, 0.3) is 0 Å². The van der Waals surface area contributed by atoms with Crippen LogP contribution in [0.25, 0.3) is 11.1 Å². The van der Waals surface area contributed by atoms with Gasteiger partial charge in [-0.3, -0.25) is 4.79 Å². The molecule has 0 aliphatic rings. The molecule has 0 aliphatic carbocycles. The lowest BCUT2D eigenvalue weighted by Crippen LogP contribution is -2.09. The number of nitrogens with zero attached hydrogens (tertiary/aromatic N) is 1. The van der Waals surface area contributed by atoms with Gasteiger partial charge in [0, 0.05) is 13.2 Å². The summed E-state index contributed by atoms with van der Waals surface area (Å²) >= 11 is 0. The summed E-state index contributed by atoms with van der Waals surface area (Å²) < 4.78 is 16.3. The molecule has 0 spiro atoms. The minimum atomic E-state index is 0.101. The molecule has 1 atom stereocenters. The van der Waals surface area contributed by atoms with E-state index in [1.165, 1.54) is 47.9 Å². The van der Waals surface area contributed by atoms with E-state index < -0.39 is 0 Å². The second kappa shape index (κ2) is 28.2. The third-order valence-electron chi connectivity index (χ3n) is 5.85. The van der Waals surface area contributed by atoms with Crippen molar-refractivity contribution in [1.29, 1.82) is 5.26 Å². The average molecular weight is 569 g/mol. The number of nitrogens with one attached hydrogen (secondary N) is 1. The van der Waals surface area contributed by atoms with Crippen LogP contribution in [0.1, 0.15) is 104 Å². The smallest absolute Gasteiger partial charge is 0.207 e. The number of hydrogen-bond acceptors (Lipinski definition) is 5. The van der Waals surface area contributed by atoms with E-state index in [-0.39, 0.29) is 6.54 Å². The fourth-order valence-electron chi connectivity index (χ4n) is 3.50. The van der Waals surface area contributed by atoms with E-state index in [2.05, 4.69) is 82.4 Å². The Morgan fingerprint density at radius 2 is 1.63 bits per heavy atom. The van der Waals surface area contributed by atoms with Gasteiger partial charge in [-0.2, -0.15) is 5.26 Å². The first-order chi connectivity index (χ1) is 19.9. The van der Waals surface area contributed by atoms with Crippen LogP contribution in [0.15, 0.2) is 54.5 Å². The van der Waals surface area contributed by atoms with Crippen molar-refractivity contribution < 1.29 is 19.0 Å². The van der Waals surface area contributed by atoms with E-state index in [0.717, 1.165) is 37.6 Å². The molecule has 0 aromatic heterocycles. The number of hydrogen-bond donors (Lipinski definition) is 1. The maximum absolute atomic E-state index is 9.30. The zero-order valence-corrected chi connectivity index (χ0v) is 27.2. The van der Waals surface area contributed by atoms with Crippen molar-refractivity contribution in [2.75, 3.05) is 26.9 Å². The van der Waals surface area contributed by atoms with E-state index in [0.29, 0.717) is 12.3 Å². The summed E-state index contributed by atoms with van der Waals surface area (Å²) in [4.78, 5) is 9.30. The number of unbranched alkanes of at least 4 members (excludes halogenated alkanes) is 3. The Labute approximate surface area is 251 Å². The number of methoxy groups -OCH3 is 1. The van der Waals surface area contributed by atoms with Crippen LogP contribution in [-0.2, 0) is 14.3 Å². The van der Waals surface area contributed by atoms with Gasteiger partial charge in [-0.15, -0.1) is 0 Å². The van der Waals surface area contributed by atoms with Gasteiger partial charge in [0.1, 0.15) is 24.3 Å². The predicted molar refractivity (Wildman–Crippen MR) is 173 cm³/mol. The molecular formula is C35H56N2O4. The fourth-order valence-corrected chi connectivity index (χ4v) is 3.50. The van der Waals surface area contributed by atoms with Crippen LogP contribution in [0, 0.1) is 18.3 Å². The highest BCUT2D eigenvalue weighted by Gasteiger charge is 2.13. The van der Waals surface area contributed by atoms with Crippen molar-refractivity contribution in [3.05, 3.63) is 65.6 Å². The van der Waals surface area contributed by atoms with Gasteiger partial charge in [0.2, 0.25) is 6.41 Å². The first-order valence-corrected chi connectivity index (χ1v) is 15.1. The summed E-state index contributed by atoms with van der Waals surface area (Å²) in [5.74, 6) is 2.09. The zero-order chi connectivity index (χ0) is 31.3. The monoisotopic (exact) mass is 568 g/mol. The van der Waals surface area contributed by atoms with E-state index in [4.69, 9.17) is 19.5 Å². The molecule has 41 heavy (non-hydrogen) atoms. The second-order valence-electron chi connectivity index (χ2n) is 9.32. The molecule has 2 rings (SSSR count). The molecule has 0 saturated heterocycles. The molecule has 1 N–H and O–H groups in total. The van der Waals surface area contributed by atoms with Crippen molar-refractivity contribution in [1.82, 2.24) is 5.32 Å². The number of nitriles is 1. The summed E-state index contributed by atoms with van der Waals surface area (Å²) in [5, 5.41) is 9.88. The number of rotatable bonds is 15. The fraction of sp³-hybridized carbons (Fsp3) is 0.543. The van der Waals surface area contributed by atoms with Gasteiger partial charge < -0.3 is 19.5 Å². The largest absolute Gasteiger partial charge is 0.501 e. The van der Waals surface area contributed by atoms with Crippen LogP contribution < -0.4 is 10.1 Å². The lowest BCUT2D eigenvalue weighted by atomic mass is 9.93. The van der Waals surface area contributed by atoms with Crippen LogP contribution in [0.5, 0.6) is 5.75 Å². The zero-order valence-electron chi connectivity index (χ0n) is 27.2. The van der Waals surface area contributed by atoms with Gasteiger partial charge in [-0.25, -0.2) is 0 Å². The van der Waals surface area contributed by atoms with E-state index in [1.54, 1.807) is 19.4 Å². The van der Waals surface area contributed by atoms with Crippen LogP contribution in [0.3, 0.4) is 0 Å². The van der Waals surface area contributed by atoms with Gasteiger partial charge in [0.05, 0.1) is 13.2 Å². The lowest BCUT2D eigenvalue weighted by Gasteiger charge is -2.17. The lowest BCUT2D eigenvalue weighted by molar-refractivity contribution is -0.109. The first kappa shape index (κ1) is 39.8. The second-order valence-corrected chi connectivity index (χ2v) is 9.32. The Morgan fingerprint density at radius 3 is 2.15 bits per heavy atom. The number of allylic oxidation sites excluding steroid dienone is 1. The molecule has 2 aromatic carbocycles. The number of carbonyl (C=O) groups is 1. The average Bonchev–Trinajstić information content (AvgIpc) is 3.00. The summed E-state index contributed by atoms with van der Waals surface area (Å²) in [5.41, 5.74) is 4.96. The molecule has 0 saturated carbocycles. The normalized spacial score (nSPS) is 10.7. The van der Waals surface area contributed by atoms with Gasteiger partial charge >= 0.3 is 0 Å². The first-order valence-electron chi connectivity index (χ1n) is 15.1. The number of ether oxygens (including phenoxy) is 3. The molecular weight excluding hydrogens is 512 g/mol. The maximum atomic E-state index is 9.30. The molecule has 0 radical (unpaired) electrons. The summed E-state index contributed by atoms with van der Waals surface area (Å²) in [7, 11) is 1.63. The molecule has 6 heteroatoms. The highest BCUT2D eigenvalue weighted by atomic mass is 16.5. The van der Waals surface area contributed by atoms with Gasteiger partial charge in [0.15, 0.2) is 0 Å². The Morgan fingerprint density at radius 1 is 0.976 bits per heavy atom. The molecule has 0 heterocycles. The molecule has 0 bridgehead atoms. The predicted octanol–water partition coefficient (Wildman–Crippen LogP) is 9.34. The maximum Gasteiger partial charge on any atom is 0.207 e. The van der Waals surface area contributed by atoms with Gasteiger partial charge in [-0.1, -0.05) is 96.7 Å². The summed E-state index contributed by atoms with van der Waals surface area (Å²) in [6.45, 7) is 18.8. The van der Waals surface area contributed by atoms with Crippen molar-refractivity contribution >= 4 is 6.41 Å². The van der Waals surface area contributed by atoms with E-state index in [1.807, 2.05) is 20.8 Å². The number of carbonyl (C=O) groups excluding carboxylic acids is 1. The Hall–Kier alpha value is -3.30. The Kier molecular flexibility index (Phi) is 27.4. The minimum Gasteiger partial charge on any atom is -0.501 e. The molecule has 1 amide bonds. The topological polar surface area (TPSA) is 80.6 Å². The SMILES string of the molecule is CC.CCC(C)c1cc(-c2ccc(C)cc2)ccc1OC(C)=COC.CCCCCCOCCC.N#CCNC=O. The van der Waals surface area contributed by atoms with Crippen molar-refractivity contribution in [3.8, 4) is 22.9 Å². The minimum absolute atomic E-state index is 0.101. The van der Waals surface area contributed by atoms with E-state index >= 15 is 0 Å². The Balaban J connectivity index is 0. The van der Waals surface area contributed by atoms with Crippen molar-refractivity contribution in [3.63, 3.8) is 0 Å². The molecule has 0 fully saturated rings. The third-order valence-corrected chi connectivity index (χ3v) is 5.85. The van der Waals surface area contributed by atoms with Crippen LogP contribution in [0.4, 0.5) is 0 Å².